The van der Waals surface area contributed by atoms with Crippen molar-refractivity contribution < 1.29 is 33.3 Å². The molecule has 0 amide bonds. The number of benzene rings is 2. The molecule has 146 valence electrons. The molecule has 0 aliphatic carbocycles. The van der Waals surface area contributed by atoms with E-state index in [0.717, 1.165) is 17.7 Å². The van der Waals surface area contributed by atoms with E-state index in [1.54, 1.807) is 30.3 Å². The third-order valence-corrected chi connectivity index (χ3v) is 4.29. The second kappa shape index (κ2) is 8.56. The Balaban J connectivity index is 1.52. The van der Waals surface area contributed by atoms with E-state index in [4.69, 9.17) is 18.9 Å². The molecule has 0 unspecified atom stereocenters. The normalized spacial score (nSPS) is 11.9. The maximum atomic E-state index is 12.2. The number of esters is 1. The fourth-order valence-corrected chi connectivity index (χ4v) is 2.77. The van der Waals surface area contributed by atoms with Crippen LogP contribution in [0.2, 0.25) is 0 Å². The molecule has 3 rings (SSSR count). The summed E-state index contributed by atoms with van der Waals surface area (Å²) in [6, 6.07) is 9.81. The predicted octanol–water partition coefficient (Wildman–Crippen LogP) is 2.64. The monoisotopic (exact) mass is 384 g/mol. The summed E-state index contributed by atoms with van der Waals surface area (Å²) in [7, 11) is 1.44. The molecule has 0 radical (unpaired) electrons. The van der Waals surface area contributed by atoms with Crippen molar-refractivity contribution >= 4 is 17.5 Å². The lowest BCUT2D eigenvalue weighted by atomic mass is 10.1. The molecule has 7 nitrogen and oxygen atoms in total. The van der Waals surface area contributed by atoms with Crippen LogP contribution in [0.5, 0.6) is 17.2 Å². The molecule has 0 N–H and O–H groups in total. The predicted molar refractivity (Wildman–Crippen MR) is 99.4 cm³/mol. The van der Waals surface area contributed by atoms with Crippen LogP contribution in [0.1, 0.15) is 33.2 Å². The van der Waals surface area contributed by atoms with Gasteiger partial charge in [-0.05, 0) is 48.9 Å². The third kappa shape index (κ3) is 4.49. The quantitative estimate of drug-likeness (QED) is 0.511. The number of carbonyl (C=O) groups excluding carboxylic acids is 3. The van der Waals surface area contributed by atoms with E-state index in [1.165, 1.54) is 20.1 Å². The molecule has 1 aliphatic rings. The summed E-state index contributed by atoms with van der Waals surface area (Å²) in [6.07, 6.45) is 0.758. The largest absolute Gasteiger partial charge is 0.493 e. The summed E-state index contributed by atoms with van der Waals surface area (Å²) in [6.45, 7) is 1.29. The lowest BCUT2D eigenvalue weighted by molar-refractivity contribution is -0.144. The minimum atomic E-state index is -0.685. The van der Waals surface area contributed by atoms with E-state index in [9.17, 15) is 14.4 Å². The fraction of sp³-hybridized carbons (Fsp3) is 0.286. The molecule has 0 atom stereocenters. The highest BCUT2D eigenvalue weighted by atomic mass is 16.6. The van der Waals surface area contributed by atoms with Crippen molar-refractivity contribution in [3.8, 4) is 17.2 Å². The van der Waals surface area contributed by atoms with Crippen LogP contribution in [0.3, 0.4) is 0 Å². The van der Waals surface area contributed by atoms with Gasteiger partial charge in [0, 0.05) is 17.5 Å². The minimum absolute atomic E-state index is 0.110. The Morgan fingerprint density at radius 2 is 1.79 bits per heavy atom. The first kappa shape index (κ1) is 19.4. The van der Waals surface area contributed by atoms with Gasteiger partial charge in [0.25, 0.3) is 0 Å². The number of ether oxygens (including phenoxy) is 4. The van der Waals surface area contributed by atoms with Crippen LogP contribution in [0.15, 0.2) is 36.4 Å². The standard InChI is InChI=1S/C21H20O7/c1-13(22)14-3-6-19(20(10-14)25-2)27-12-21(24)28-11-17(23)15-4-5-18-16(9-15)7-8-26-18/h3-6,9-10H,7-8,11-12H2,1-2H3. The lowest BCUT2D eigenvalue weighted by Crippen LogP contribution is -2.19. The highest BCUT2D eigenvalue weighted by Crippen LogP contribution is 2.28. The SMILES string of the molecule is COc1cc(C(C)=O)ccc1OCC(=O)OCC(=O)c1ccc2c(c1)CCO2. The number of hydrogen-bond acceptors (Lipinski definition) is 7. The first-order valence-corrected chi connectivity index (χ1v) is 8.74. The molecule has 7 heteroatoms. The van der Waals surface area contributed by atoms with Crippen LogP contribution in [0, 0.1) is 0 Å². The van der Waals surface area contributed by atoms with Crippen molar-refractivity contribution in [1.29, 1.82) is 0 Å². The van der Waals surface area contributed by atoms with Gasteiger partial charge >= 0.3 is 5.97 Å². The summed E-state index contributed by atoms with van der Waals surface area (Å²) in [5.74, 6) is 0.320. The Morgan fingerprint density at radius 3 is 2.54 bits per heavy atom. The molecule has 2 aromatic rings. The molecule has 0 aromatic heterocycles. The average Bonchev–Trinajstić information content (AvgIpc) is 3.17. The van der Waals surface area contributed by atoms with Crippen LogP contribution in [-0.2, 0) is 16.0 Å². The zero-order valence-corrected chi connectivity index (χ0v) is 15.7. The van der Waals surface area contributed by atoms with E-state index in [-0.39, 0.29) is 24.8 Å². The molecular weight excluding hydrogens is 364 g/mol. The van der Waals surface area contributed by atoms with Crippen molar-refractivity contribution in [2.75, 3.05) is 26.9 Å². The number of fused-ring (bicyclic) bond motifs is 1. The fourth-order valence-electron chi connectivity index (χ4n) is 2.77. The van der Waals surface area contributed by atoms with Crippen LogP contribution < -0.4 is 14.2 Å². The van der Waals surface area contributed by atoms with Gasteiger partial charge < -0.3 is 18.9 Å². The molecule has 28 heavy (non-hydrogen) atoms. The van der Waals surface area contributed by atoms with Crippen LogP contribution in [-0.4, -0.2) is 44.5 Å². The van der Waals surface area contributed by atoms with Gasteiger partial charge in [-0.3, -0.25) is 9.59 Å². The number of carbonyl (C=O) groups is 3. The molecule has 0 fully saturated rings. The van der Waals surface area contributed by atoms with Crippen molar-refractivity contribution in [1.82, 2.24) is 0 Å². The smallest absolute Gasteiger partial charge is 0.344 e. The van der Waals surface area contributed by atoms with Crippen LogP contribution in [0.4, 0.5) is 0 Å². The maximum absolute atomic E-state index is 12.2. The van der Waals surface area contributed by atoms with Crippen molar-refractivity contribution in [2.24, 2.45) is 0 Å². The number of hydrogen-bond donors (Lipinski definition) is 0. The van der Waals surface area contributed by atoms with Crippen molar-refractivity contribution in [3.63, 3.8) is 0 Å². The molecule has 0 bridgehead atoms. The topological polar surface area (TPSA) is 88.1 Å². The van der Waals surface area contributed by atoms with E-state index >= 15 is 0 Å². The Labute approximate surface area is 162 Å². The van der Waals surface area contributed by atoms with Gasteiger partial charge in [-0.25, -0.2) is 4.79 Å². The van der Waals surface area contributed by atoms with Gasteiger partial charge in [0.05, 0.1) is 13.7 Å². The Hall–Kier alpha value is -3.35. The van der Waals surface area contributed by atoms with Gasteiger partial charge in [-0.15, -0.1) is 0 Å². The summed E-state index contributed by atoms with van der Waals surface area (Å²) in [5.41, 5.74) is 1.91. The highest BCUT2D eigenvalue weighted by molar-refractivity contribution is 5.98. The van der Waals surface area contributed by atoms with Crippen molar-refractivity contribution in [3.05, 3.63) is 53.1 Å². The summed E-state index contributed by atoms with van der Waals surface area (Å²) in [4.78, 5) is 35.5. The molecule has 0 saturated carbocycles. The second-order valence-corrected chi connectivity index (χ2v) is 6.22. The van der Waals surface area contributed by atoms with Crippen LogP contribution >= 0.6 is 0 Å². The molecule has 2 aromatic carbocycles. The summed E-state index contributed by atoms with van der Waals surface area (Å²) >= 11 is 0. The van der Waals surface area contributed by atoms with Gasteiger partial charge in [-0.2, -0.15) is 0 Å². The number of Topliss-reactive ketones (excluding diaryl/α,β-unsaturated/α-hetero) is 2. The second-order valence-electron chi connectivity index (χ2n) is 6.22. The van der Waals surface area contributed by atoms with Gasteiger partial charge in [0.15, 0.2) is 36.3 Å². The molecule has 1 heterocycles. The number of ketones is 2. The Kier molecular flexibility index (Phi) is 5.93. The maximum Gasteiger partial charge on any atom is 0.344 e. The summed E-state index contributed by atoms with van der Waals surface area (Å²) < 4.78 is 20.9. The minimum Gasteiger partial charge on any atom is -0.493 e. The Morgan fingerprint density at radius 1 is 1.00 bits per heavy atom. The average molecular weight is 384 g/mol. The molecule has 0 spiro atoms. The lowest BCUT2D eigenvalue weighted by Gasteiger charge is -2.11. The van der Waals surface area contributed by atoms with Gasteiger partial charge in [-0.1, -0.05) is 0 Å². The zero-order valence-electron chi connectivity index (χ0n) is 15.7. The first-order valence-electron chi connectivity index (χ1n) is 8.74. The summed E-state index contributed by atoms with van der Waals surface area (Å²) in [5, 5.41) is 0. The van der Waals surface area contributed by atoms with Gasteiger partial charge in [0.1, 0.15) is 5.75 Å². The van der Waals surface area contributed by atoms with Crippen molar-refractivity contribution in [2.45, 2.75) is 13.3 Å². The van der Waals surface area contributed by atoms with E-state index in [2.05, 4.69) is 0 Å². The molecule has 0 saturated heterocycles. The molecular formula is C21H20O7. The van der Waals surface area contributed by atoms with Crippen LogP contribution in [0.25, 0.3) is 0 Å². The number of methoxy groups -OCH3 is 1. The van der Waals surface area contributed by atoms with E-state index in [0.29, 0.717) is 29.2 Å². The van der Waals surface area contributed by atoms with E-state index in [1.807, 2.05) is 0 Å². The highest BCUT2D eigenvalue weighted by Gasteiger charge is 2.17. The first-order chi connectivity index (χ1) is 13.5. The van der Waals surface area contributed by atoms with E-state index < -0.39 is 5.97 Å². The third-order valence-electron chi connectivity index (χ3n) is 4.29. The Bertz CT molecular complexity index is 917. The number of rotatable bonds is 8. The van der Waals surface area contributed by atoms with Gasteiger partial charge in [0.2, 0.25) is 0 Å². The zero-order chi connectivity index (χ0) is 20.1. The molecule has 1 aliphatic heterocycles.